The third-order valence-corrected chi connectivity index (χ3v) is 1.11. The molecule has 0 saturated heterocycles. The van der Waals surface area contributed by atoms with Crippen LogP contribution in [0.1, 0.15) is 0 Å². The highest BCUT2D eigenvalue weighted by atomic mass is 79.9. The summed E-state index contributed by atoms with van der Waals surface area (Å²) in [6.45, 7) is 3.57. The molecule has 0 spiro atoms. The van der Waals surface area contributed by atoms with Gasteiger partial charge in [-0.05, 0) is 12.2 Å². The van der Waals surface area contributed by atoms with Gasteiger partial charge in [0.1, 0.15) is 0 Å². The Hall–Kier alpha value is -0.830. The van der Waals surface area contributed by atoms with Crippen molar-refractivity contribution in [1.82, 2.24) is 0 Å². The van der Waals surface area contributed by atoms with Crippen LogP contribution >= 0.6 is 15.9 Å². The van der Waals surface area contributed by atoms with E-state index in [9.17, 15) is 4.79 Å². The van der Waals surface area contributed by atoms with E-state index >= 15 is 0 Å². The standard InChI is InChI=1S/C8H9BrO2/c1-7(9)3-4-8(5-10)6-11-2/h3-6H,1H2,2H3/b4-3-,8-6-. The lowest BCUT2D eigenvalue weighted by Gasteiger charge is -1.89. The molecule has 0 radical (unpaired) electrons. The second kappa shape index (κ2) is 5.92. The van der Waals surface area contributed by atoms with Gasteiger partial charge in [-0.15, -0.1) is 0 Å². The molecule has 0 amide bonds. The Morgan fingerprint density at radius 3 is 2.55 bits per heavy atom. The van der Waals surface area contributed by atoms with Crippen LogP contribution in [0.3, 0.4) is 0 Å². The zero-order valence-electron chi connectivity index (χ0n) is 6.21. The molecule has 0 fully saturated rings. The number of aldehydes is 1. The summed E-state index contributed by atoms with van der Waals surface area (Å²) in [6.07, 6.45) is 5.34. The van der Waals surface area contributed by atoms with Crippen LogP contribution in [0.2, 0.25) is 0 Å². The summed E-state index contributed by atoms with van der Waals surface area (Å²) >= 11 is 3.12. The topological polar surface area (TPSA) is 26.3 Å². The quantitative estimate of drug-likeness (QED) is 0.312. The van der Waals surface area contributed by atoms with E-state index in [4.69, 9.17) is 0 Å². The van der Waals surface area contributed by atoms with Gasteiger partial charge in [0.25, 0.3) is 0 Å². The predicted molar refractivity (Wildman–Crippen MR) is 48.4 cm³/mol. The molecule has 0 N–H and O–H groups in total. The number of rotatable bonds is 4. The van der Waals surface area contributed by atoms with Crippen LogP contribution in [-0.2, 0) is 9.53 Å². The summed E-state index contributed by atoms with van der Waals surface area (Å²) in [5.74, 6) is 0. The van der Waals surface area contributed by atoms with Crippen molar-refractivity contribution in [2.75, 3.05) is 7.11 Å². The molecule has 11 heavy (non-hydrogen) atoms. The molecular formula is C8H9BrO2. The first-order valence-corrected chi connectivity index (χ1v) is 3.70. The van der Waals surface area contributed by atoms with Crippen molar-refractivity contribution in [3.05, 3.63) is 35.0 Å². The second-order valence-electron chi connectivity index (χ2n) is 1.75. The third-order valence-electron chi connectivity index (χ3n) is 0.847. The van der Waals surface area contributed by atoms with Gasteiger partial charge in [-0.2, -0.15) is 0 Å². The fourth-order valence-corrected chi connectivity index (χ4v) is 0.561. The van der Waals surface area contributed by atoms with E-state index in [-0.39, 0.29) is 0 Å². The van der Waals surface area contributed by atoms with Crippen molar-refractivity contribution in [2.24, 2.45) is 0 Å². The van der Waals surface area contributed by atoms with Gasteiger partial charge in [-0.1, -0.05) is 22.5 Å². The van der Waals surface area contributed by atoms with Gasteiger partial charge < -0.3 is 4.74 Å². The number of halogens is 1. The molecule has 60 valence electrons. The summed E-state index contributed by atoms with van der Waals surface area (Å²) in [5.41, 5.74) is 0.466. The molecule has 0 rings (SSSR count). The summed E-state index contributed by atoms with van der Waals surface area (Å²) in [6, 6.07) is 0. The van der Waals surface area contributed by atoms with Gasteiger partial charge in [-0.25, -0.2) is 0 Å². The molecule has 0 aromatic rings. The molecule has 0 saturated carbocycles. The van der Waals surface area contributed by atoms with Gasteiger partial charge in [-0.3, -0.25) is 4.79 Å². The van der Waals surface area contributed by atoms with Crippen molar-refractivity contribution in [3.8, 4) is 0 Å². The van der Waals surface area contributed by atoms with E-state index in [1.165, 1.54) is 13.4 Å². The lowest BCUT2D eigenvalue weighted by Crippen LogP contribution is -1.80. The molecule has 0 aliphatic carbocycles. The Kier molecular flexibility index (Phi) is 5.47. The monoisotopic (exact) mass is 216 g/mol. The number of hydrogen-bond donors (Lipinski definition) is 0. The van der Waals surface area contributed by atoms with Crippen molar-refractivity contribution in [3.63, 3.8) is 0 Å². The average Bonchev–Trinajstić information content (AvgIpc) is 1.97. The molecule has 2 nitrogen and oxygen atoms in total. The largest absolute Gasteiger partial charge is 0.504 e. The van der Waals surface area contributed by atoms with Gasteiger partial charge >= 0.3 is 0 Å². The van der Waals surface area contributed by atoms with Crippen molar-refractivity contribution in [2.45, 2.75) is 0 Å². The Morgan fingerprint density at radius 1 is 1.55 bits per heavy atom. The van der Waals surface area contributed by atoms with E-state index in [0.717, 1.165) is 0 Å². The Bertz CT molecular complexity index is 204. The smallest absolute Gasteiger partial charge is 0.153 e. The highest BCUT2D eigenvalue weighted by Gasteiger charge is 1.86. The van der Waals surface area contributed by atoms with E-state index in [1.807, 2.05) is 0 Å². The molecule has 0 aliphatic heterocycles. The van der Waals surface area contributed by atoms with Crippen LogP contribution in [0.4, 0.5) is 0 Å². The maximum Gasteiger partial charge on any atom is 0.153 e. The maximum atomic E-state index is 10.3. The highest BCUT2D eigenvalue weighted by Crippen LogP contribution is 2.04. The zero-order chi connectivity index (χ0) is 8.69. The maximum absolute atomic E-state index is 10.3. The summed E-state index contributed by atoms with van der Waals surface area (Å²) in [4.78, 5) is 10.3. The summed E-state index contributed by atoms with van der Waals surface area (Å²) < 4.78 is 5.35. The Labute approximate surface area is 74.4 Å². The molecule has 0 unspecified atom stereocenters. The average molecular weight is 217 g/mol. The lowest BCUT2D eigenvalue weighted by atomic mass is 10.3. The van der Waals surface area contributed by atoms with E-state index in [2.05, 4.69) is 27.2 Å². The first kappa shape index (κ1) is 10.2. The van der Waals surface area contributed by atoms with Crippen LogP contribution in [0.15, 0.2) is 35.0 Å². The highest BCUT2D eigenvalue weighted by molar-refractivity contribution is 9.11. The molecule has 0 aromatic carbocycles. The molecule has 0 bridgehead atoms. The van der Waals surface area contributed by atoms with Gasteiger partial charge in [0.2, 0.25) is 0 Å². The molecule has 0 aliphatic rings. The molecule has 3 heteroatoms. The lowest BCUT2D eigenvalue weighted by molar-refractivity contribution is -0.104. The number of carbonyl (C=O) groups excluding carboxylic acids is 1. The third kappa shape index (κ3) is 5.61. The van der Waals surface area contributed by atoms with Crippen molar-refractivity contribution < 1.29 is 9.53 Å². The van der Waals surface area contributed by atoms with E-state index in [1.54, 1.807) is 12.2 Å². The molecule has 0 heterocycles. The molecule has 0 aromatic heterocycles. The van der Waals surface area contributed by atoms with Crippen molar-refractivity contribution in [1.29, 1.82) is 0 Å². The van der Waals surface area contributed by atoms with Crippen LogP contribution in [0.5, 0.6) is 0 Å². The first-order valence-electron chi connectivity index (χ1n) is 2.91. The summed E-state index contributed by atoms with van der Waals surface area (Å²) in [5, 5.41) is 0. The number of allylic oxidation sites excluding steroid dienone is 4. The second-order valence-corrected chi connectivity index (χ2v) is 2.77. The predicted octanol–water partition coefficient (Wildman–Crippen LogP) is 2.18. The fraction of sp³-hybridized carbons (Fsp3) is 0.125. The number of carbonyl (C=O) groups is 1. The van der Waals surface area contributed by atoms with Crippen LogP contribution in [0.25, 0.3) is 0 Å². The van der Waals surface area contributed by atoms with Gasteiger partial charge in [0.05, 0.1) is 13.4 Å². The fourth-order valence-electron chi connectivity index (χ4n) is 0.429. The summed E-state index contributed by atoms with van der Waals surface area (Å²) in [7, 11) is 1.49. The first-order chi connectivity index (χ1) is 5.20. The number of ether oxygens (including phenoxy) is 1. The van der Waals surface area contributed by atoms with Crippen LogP contribution in [-0.4, -0.2) is 13.4 Å². The minimum atomic E-state index is 0.466. The van der Waals surface area contributed by atoms with Crippen LogP contribution < -0.4 is 0 Å². The minimum absolute atomic E-state index is 0.466. The Morgan fingerprint density at radius 2 is 2.18 bits per heavy atom. The van der Waals surface area contributed by atoms with E-state index < -0.39 is 0 Å². The zero-order valence-corrected chi connectivity index (χ0v) is 7.80. The van der Waals surface area contributed by atoms with Gasteiger partial charge in [0.15, 0.2) is 6.29 Å². The molecular weight excluding hydrogens is 208 g/mol. The number of methoxy groups -OCH3 is 1. The van der Waals surface area contributed by atoms with Crippen LogP contribution in [0, 0.1) is 0 Å². The minimum Gasteiger partial charge on any atom is -0.504 e. The molecule has 0 atom stereocenters. The van der Waals surface area contributed by atoms with Gasteiger partial charge in [0, 0.05) is 10.1 Å². The Balaban J connectivity index is 4.19. The SMILES string of the molecule is C=C(Br)/C=C\C(C=O)=C\OC. The normalized spacial score (nSPS) is 11.6. The number of hydrogen-bond acceptors (Lipinski definition) is 2. The van der Waals surface area contributed by atoms with E-state index in [0.29, 0.717) is 16.3 Å². The van der Waals surface area contributed by atoms with Crippen molar-refractivity contribution >= 4 is 22.2 Å².